The van der Waals surface area contributed by atoms with Crippen molar-refractivity contribution in [3.63, 3.8) is 0 Å². The summed E-state index contributed by atoms with van der Waals surface area (Å²) in [4.78, 5) is 14.7. The minimum atomic E-state index is -0.0644. The van der Waals surface area contributed by atoms with Crippen LogP contribution in [-0.4, -0.2) is 12.5 Å². The average Bonchev–Trinajstić information content (AvgIpc) is 2.05. The summed E-state index contributed by atoms with van der Waals surface area (Å²) in [5, 5.41) is 0.454. The molecule has 0 saturated carbocycles. The van der Waals surface area contributed by atoms with Gasteiger partial charge in [0, 0.05) is 5.56 Å². The normalized spacial score (nSPS) is 9.50. The average molecular weight is 182 g/mol. The third-order valence-corrected chi connectivity index (χ3v) is 1.84. The van der Waals surface area contributed by atoms with Gasteiger partial charge in [0.05, 0.1) is 10.7 Å². The van der Waals surface area contributed by atoms with Gasteiger partial charge in [-0.1, -0.05) is 11.6 Å². The van der Waals surface area contributed by atoms with E-state index in [-0.39, 0.29) is 5.78 Å². The van der Waals surface area contributed by atoms with Crippen LogP contribution in [0.2, 0.25) is 5.02 Å². The van der Waals surface area contributed by atoms with Crippen LogP contribution in [0, 0.1) is 0 Å². The Labute approximate surface area is 75.9 Å². The number of aliphatic imine (C=N–C) groups is 1. The summed E-state index contributed by atoms with van der Waals surface area (Å²) in [6.07, 6.45) is 0. The molecule has 0 radical (unpaired) electrons. The zero-order valence-corrected chi connectivity index (χ0v) is 7.43. The highest BCUT2D eigenvalue weighted by atomic mass is 35.5. The minimum absolute atomic E-state index is 0.0644. The number of carbonyl (C=O) groups excluding carboxylic acids is 1. The summed E-state index contributed by atoms with van der Waals surface area (Å²) >= 11 is 5.77. The Kier molecular flexibility index (Phi) is 2.61. The number of halogens is 1. The molecule has 0 bridgehead atoms. The van der Waals surface area contributed by atoms with Crippen LogP contribution in [0.4, 0.5) is 5.69 Å². The van der Waals surface area contributed by atoms with Crippen molar-refractivity contribution >= 4 is 29.8 Å². The number of carbonyl (C=O) groups is 1. The second-order valence-electron chi connectivity index (χ2n) is 2.38. The zero-order valence-electron chi connectivity index (χ0n) is 6.67. The smallest absolute Gasteiger partial charge is 0.161 e. The summed E-state index contributed by atoms with van der Waals surface area (Å²) < 4.78 is 0. The van der Waals surface area contributed by atoms with Crippen LogP contribution in [0.1, 0.15) is 17.3 Å². The molecule has 0 unspecified atom stereocenters. The fourth-order valence-corrected chi connectivity index (χ4v) is 1.13. The van der Waals surface area contributed by atoms with E-state index >= 15 is 0 Å². The van der Waals surface area contributed by atoms with E-state index in [2.05, 4.69) is 11.7 Å². The highest BCUT2D eigenvalue weighted by molar-refractivity contribution is 6.34. The number of nitrogens with zero attached hydrogens (tertiary/aromatic N) is 1. The molecule has 12 heavy (non-hydrogen) atoms. The van der Waals surface area contributed by atoms with Gasteiger partial charge in [0.2, 0.25) is 0 Å². The van der Waals surface area contributed by atoms with E-state index in [9.17, 15) is 4.79 Å². The van der Waals surface area contributed by atoms with E-state index in [4.69, 9.17) is 11.6 Å². The molecule has 0 aliphatic carbocycles. The monoisotopic (exact) mass is 181 g/mol. The summed E-state index contributed by atoms with van der Waals surface area (Å²) in [5.41, 5.74) is 1.14. The van der Waals surface area contributed by atoms with Crippen LogP contribution in [0.15, 0.2) is 23.2 Å². The third kappa shape index (κ3) is 1.71. The third-order valence-electron chi connectivity index (χ3n) is 1.51. The topological polar surface area (TPSA) is 29.4 Å². The van der Waals surface area contributed by atoms with E-state index in [0.717, 1.165) is 0 Å². The number of Topliss-reactive ketones (excluding diaryl/α,β-unsaturated/α-hetero) is 1. The molecule has 2 nitrogen and oxygen atoms in total. The van der Waals surface area contributed by atoms with Gasteiger partial charge in [-0.2, -0.15) is 0 Å². The summed E-state index contributed by atoms with van der Waals surface area (Å²) in [6, 6.07) is 4.97. The van der Waals surface area contributed by atoms with Gasteiger partial charge in [0.15, 0.2) is 5.78 Å². The van der Waals surface area contributed by atoms with Gasteiger partial charge in [0.25, 0.3) is 0 Å². The van der Waals surface area contributed by atoms with Crippen LogP contribution in [-0.2, 0) is 0 Å². The van der Waals surface area contributed by atoms with E-state index < -0.39 is 0 Å². The lowest BCUT2D eigenvalue weighted by Crippen LogP contribution is -1.92. The zero-order chi connectivity index (χ0) is 9.14. The van der Waals surface area contributed by atoms with Gasteiger partial charge in [-0.3, -0.25) is 9.79 Å². The largest absolute Gasteiger partial charge is 0.294 e. The molecule has 1 rings (SSSR count). The highest BCUT2D eigenvalue weighted by Crippen LogP contribution is 2.22. The SMILES string of the molecule is C=Nc1ccc(Cl)c(C(C)=O)c1. The molecular weight excluding hydrogens is 174 g/mol. The molecular formula is C9H8ClNO. The van der Waals surface area contributed by atoms with E-state index in [1.807, 2.05) is 0 Å². The first-order valence-corrected chi connectivity index (χ1v) is 3.80. The molecule has 1 aromatic rings. The molecule has 3 heteroatoms. The Morgan fingerprint density at radius 1 is 1.58 bits per heavy atom. The standard InChI is InChI=1S/C9H8ClNO/c1-6(12)8-5-7(11-2)3-4-9(8)10/h3-5H,2H2,1H3. The van der Waals surface area contributed by atoms with Crippen molar-refractivity contribution in [1.82, 2.24) is 0 Å². The number of hydrogen-bond acceptors (Lipinski definition) is 2. The molecule has 0 saturated heterocycles. The van der Waals surface area contributed by atoms with Crippen molar-refractivity contribution in [2.24, 2.45) is 4.99 Å². The van der Waals surface area contributed by atoms with Crippen molar-refractivity contribution < 1.29 is 4.79 Å². The first-order chi connectivity index (χ1) is 5.65. The van der Waals surface area contributed by atoms with Crippen molar-refractivity contribution in [1.29, 1.82) is 0 Å². The molecule has 0 amide bonds. The number of ketones is 1. The molecule has 62 valence electrons. The first kappa shape index (κ1) is 8.94. The van der Waals surface area contributed by atoms with Crippen molar-refractivity contribution in [2.75, 3.05) is 0 Å². The second-order valence-corrected chi connectivity index (χ2v) is 2.79. The molecule has 1 aromatic carbocycles. The van der Waals surface area contributed by atoms with Gasteiger partial charge in [-0.05, 0) is 31.8 Å². The van der Waals surface area contributed by atoms with Gasteiger partial charge in [-0.15, -0.1) is 0 Å². The summed E-state index contributed by atoms with van der Waals surface area (Å²) in [6.45, 7) is 4.82. The lowest BCUT2D eigenvalue weighted by atomic mass is 10.1. The second kappa shape index (κ2) is 3.50. The van der Waals surface area contributed by atoms with Crippen LogP contribution < -0.4 is 0 Å². The molecule has 0 atom stereocenters. The molecule has 0 aromatic heterocycles. The molecule has 0 spiro atoms. The van der Waals surface area contributed by atoms with Crippen LogP contribution >= 0.6 is 11.6 Å². The molecule has 0 fully saturated rings. The van der Waals surface area contributed by atoms with E-state index in [0.29, 0.717) is 16.3 Å². The Morgan fingerprint density at radius 2 is 2.25 bits per heavy atom. The minimum Gasteiger partial charge on any atom is -0.294 e. The number of benzene rings is 1. The maximum absolute atomic E-state index is 11.0. The van der Waals surface area contributed by atoms with E-state index in [1.54, 1.807) is 18.2 Å². The summed E-state index contributed by atoms with van der Waals surface area (Å²) in [5.74, 6) is -0.0644. The van der Waals surface area contributed by atoms with Gasteiger partial charge in [-0.25, -0.2) is 0 Å². The van der Waals surface area contributed by atoms with Crippen molar-refractivity contribution in [3.05, 3.63) is 28.8 Å². The molecule has 0 N–H and O–H groups in total. The molecule has 0 heterocycles. The highest BCUT2D eigenvalue weighted by Gasteiger charge is 2.05. The Morgan fingerprint density at radius 3 is 2.75 bits per heavy atom. The fraction of sp³-hybridized carbons (Fsp3) is 0.111. The van der Waals surface area contributed by atoms with Gasteiger partial charge < -0.3 is 0 Å². The molecule has 0 aliphatic rings. The van der Waals surface area contributed by atoms with E-state index in [1.165, 1.54) is 6.92 Å². The van der Waals surface area contributed by atoms with Gasteiger partial charge in [0.1, 0.15) is 0 Å². The Balaban J connectivity index is 3.25. The quantitative estimate of drug-likeness (QED) is 0.510. The van der Waals surface area contributed by atoms with Crippen molar-refractivity contribution in [3.8, 4) is 0 Å². The fourth-order valence-electron chi connectivity index (χ4n) is 0.881. The Hall–Kier alpha value is -1.15. The Bertz CT molecular complexity index is 333. The predicted molar refractivity (Wildman–Crippen MR) is 50.7 cm³/mol. The lowest BCUT2D eigenvalue weighted by molar-refractivity contribution is 0.101. The first-order valence-electron chi connectivity index (χ1n) is 3.42. The van der Waals surface area contributed by atoms with Crippen LogP contribution in [0.5, 0.6) is 0 Å². The maximum atomic E-state index is 11.0. The number of rotatable bonds is 2. The van der Waals surface area contributed by atoms with Crippen LogP contribution in [0.25, 0.3) is 0 Å². The molecule has 0 aliphatic heterocycles. The number of hydrogen-bond donors (Lipinski definition) is 0. The van der Waals surface area contributed by atoms with Gasteiger partial charge >= 0.3 is 0 Å². The predicted octanol–water partition coefficient (Wildman–Crippen LogP) is 2.87. The lowest BCUT2D eigenvalue weighted by Gasteiger charge is -1.99. The van der Waals surface area contributed by atoms with Crippen LogP contribution in [0.3, 0.4) is 0 Å². The summed E-state index contributed by atoms with van der Waals surface area (Å²) in [7, 11) is 0. The maximum Gasteiger partial charge on any atom is 0.161 e. The van der Waals surface area contributed by atoms with Crippen molar-refractivity contribution in [2.45, 2.75) is 6.92 Å².